The highest BCUT2D eigenvalue weighted by atomic mass is 32.2. The molecule has 1 N–H and O–H groups in total. The number of likely N-dealkylation sites (N-methyl/N-ethyl adjacent to an activating group) is 1. The average Bonchev–Trinajstić information content (AvgIpc) is 3.64. The van der Waals surface area contributed by atoms with Crippen molar-refractivity contribution in [3.05, 3.63) is 35.7 Å². The van der Waals surface area contributed by atoms with Crippen LogP contribution in [0.2, 0.25) is 0 Å². The van der Waals surface area contributed by atoms with E-state index in [4.69, 9.17) is 0 Å². The zero-order valence-corrected chi connectivity index (χ0v) is 17.7. The molecule has 2 aliphatic carbocycles. The number of rotatable bonds is 8. The quantitative estimate of drug-likeness (QED) is 0.617. The van der Waals surface area contributed by atoms with Crippen LogP contribution in [0.15, 0.2) is 29.4 Å². The Hall–Kier alpha value is -2.56. The lowest BCUT2D eigenvalue weighted by atomic mass is 10.1. The van der Waals surface area contributed by atoms with E-state index in [1.165, 1.54) is 41.9 Å². The third-order valence-electron chi connectivity index (χ3n) is 5.18. The van der Waals surface area contributed by atoms with Gasteiger partial charge < -0.3 is 14.8 Å². The topological polar surface area (TPSA) is 80.1 Å². The molecule has 1 aromatic heterocycles. The number of carbonyl (C=O) groups excluding carboxylic acids is 2. The van der Waals surface area contributed by atoms with Gasteiger partial charge >= 0.3 is 6.18 Å². The molecule has 0 aliphatic heterocycles. The van der Waals surface area contributed by atoms with Gasteiger partial charge in [0.1, 0.15) is 5.82 Å². The number of halogens is 3. The Morgan fingerprint density at radius 1 is 1.19 bits per heavy atom. The van der Waals surface area contributed by atoms with Gasteiger partial charge in [0.25, 0.3) is 0 Å². The van der Waals surface area contributed by atoms with E-state index >= 15 is 0 Å². The first-order valence-corrected chi connectivity index (χ1v) is 11.0. The monoisotopic (exact) mass is 453 g/mol. The first kappa shape index (κ1) is 21.7. The molecule has 1 heterocycles. The van der Waals surface area contributed by atoms with Gasteiger partial charge in [-0.1, -0.05) is 23.9 Å². The van der Waals surface area contributed by atoms with Gasteiger partial charge in [0.15, 0.2) is 5.16 Å². The van der Waals surface area contributed by atoms with E-state index in [2.05, 4.69) is 20.1 Å². The highest BCUT2D eigenvalue weighted by Gasteiger charge is 2.36. The minimum absolute atomic E-state index is 0.0679. The maximum absolute atomic E-state index is 13.1. The molecular weight excluding hydrogens is 431 g/mol. The zero-order chi connectivity index (χ0) is 22.2. The van der Waals surface area contributed by atoms with Crippen LogP contribution in [0.5, 0.6) is 0 Å². The van der Waals surface area contributed by atoms with E-state index in [-0.39, 0.29) is 23.9 Å². The van der Waals surface area contributed by atoms with Crippen molar-refractivity contribution >= 4 is 29.3 Å². The van der Waals surface area contributed by atoms with Gasteiger partial charge in [-0.05, 0) is 37.8 Å². The Balaban J connectivity index is 1.32. The predicted molar refractivity (Wildman–Crippen MR) is 109 cm³/mol. The molecule has 2 fully saturated rings. The maximum atomic E-state index is 13.1. The van der Waals surface area contributed by atoms with Crippen LogP contribution < -0.4 is 5.32 Å². The van der Waals surface area contributed by atoms with E-state index in [1.54, 1.807) is 0 Å². The largest absolute Gasteiger partial charge is 0.418 e. The molecule has 0 unspecified atom stereocenters. The summed E-state index contributed by atoms with van der Waals surface area (Å²) >= 11 is 1.27. The number of carbonyl (C=O) groups is 2. The van der Waals surface area contributed by atoms with E-state index in [1.807, 2.05) is 0 Å². The average molecular weight is 453 g/mol. The molecule has 1 aromatic carbocycles. The molecule has 11 heteroatoms. The van der Waals surface area contributed by atoms with Crippen LogP contribution >= 0.6 is 11.8 Å². The Kier molecular flexibility index (Phi) is 5.96. The van der Waals surface area contributed by atoms with E-state index in [9.17, 15) is 22.8 Å². The summed E-state index contributed by atoms with van der Waals surface area (Å²) in [4.78, 5) is 25.9. The fourth-order valence-electron chi connectivity index (χ4n) is 3.25. The van der Waals surface area contributed by atoms with Gasteiger partial charge in [-0.25, -0.2) is 0 Å². The summed E-state index contributed by atoms with van der Waals surface area (Å²) < 4.78 is 41.3. The van der Waals surface area contributed by atoms with Crippen molar-refractivity contribution in [2.45, 2.75) is 49.0 Å². The zero-order valence-electron chi connectivity index (χ0n) is 16.9. The number of hydrogen-bond donors (Lipinski definition) is 1. The molecular formula is C20H22F3N5O2S. The molecule has 2 aromatic rings. The fourth-order valence-corrected chi connectivity index (χ4v) is 4.20. The minimum Gasteiger partial charge on any atom is -0.336 e. The van der Waals surface area contributed by atoms with Gasteiger partial charge in [-0.3, -0.25) is 9.59 Å². The van der Waals surface area contributed by atoms with Crippen molar-refractivity contribution < 1.29 is 22.8 Å². The molecule has 0 radical (unpaired) electrons. The highest BCUT2D eigenvalue weighted by molar-refractivity contribution is 7.99. The number of thioether (sulfide) groups is 1. The van der Waals surface area contributed by atoms with Crippen LogP contribution in [0.1, 0.15) is 49.0 Å². The maximum Gasteiger partial charge on any atom is 0.418 e. The highest BCUT2D eigenvalue weighted by Crippen LogP contribution is 2.46. The van der Waals surface area contributed by atoms with Crippen LogP contribution in [0.3, 0.4) is 0 Å². The number of nitrogens with one attached hydrogen (secondary N) is 1. The van der Waals surface area contributed by atoms with E-state index < -0.39 is 17.6 Å². The normalized spacial score (nSPS) is 16.3. The van der Waals surface area contributed by atoms with Crippen molar-refractivity contribution in [3.63, 3.8) is 0 Å². The number of alkyl halides is 3. The molecule has 166 valence electrons. The van der Waals surface area contributed by atoms with Crippen molar-refractivity contribution in [1.29, 1.82) is 0 Å². The number of para-hydroxylation sites is 1. The van der Waals surface area contributed by atoms with Crippen LogP contribution in [0.4, 0.5) is 18.9 Å². The first-order valence-electron chi connectivity index (χ1n) is 10.0. The second-order valence-corrected chi connectivity index (χ2v) is 8.79. The molecule has 2 aliphatic rings. The summed E-state index contributed by atoms with van der Waals surface area (Å²) in [6.45, 7) is -0.353. The van der Waals surface area contributed by atoms with Crippen molar-refractivity contribution in [3.8, 4) is 0 Å². The molecule has 7 nitrogen and oxygen atoms in total. The van der Waals surface area contributed by atoms with Gasteiger partial charge in [0.05, 0.1) is 23.5 Å². The van der Waals surface area contributed by atoms with Crippen molar-refractivity contribution in [2.24, 2.45) is 0 Å². The van der Waals surface area contributed by atoms with Crippen LogP contribution in [-0.4, -0.2) is 50.8 Å². The van der Waals surface area contributed by atoms with Crippen molar-refractivity contribution in [1.82, 2.24) is 19.7 Å². The summed E-state index contributed by atoms with van der Waals surface area (Å²) in [6.07, 6.45) is -0.190. The SMILES string of the molecule is CN(CC(=O)Nc1ccccc1C(F)(F)F)C(=O)CSc1nnc(C2CC2)n1C1CC1. The van der Waals surface area contributed by atoms with E-state index in [0.717, 1.165) is 37.6 Å². The summed E-state index contributed by atoms with van der Waals surface area (Å²) in [5, 5.41) is 11.5. The van der Waals surface area contributed by atoms with Crippen LogP contribution in [-0.2, 0) is 15.8 Å². The summed E-state index contributed by atoms with van der Waals surface area (Å²) in [5.41, 5.74) is -1.26. The van der Waals surface area contributed by atoms with Crippen LogP contribution in [0, 0.1) is 0 Å². The molecule has 2 saturated carbocycles. The number of anilines is 1. The summed E-state index contributed by atoms with van der Waals surface area (Å²) in [6, 6.07) is 5.14. The lowest BCUT2D eigenvalue weighted by molar-refractivity contribution is -0.137. The smallest absolute Gasteiger partial charge is 0.336 e. The molecule has 0 saturated heterocycles. The second-order valence-electron chi connectivity index (χ2n) is 7.85. The predicted octanol–water partition coefficient (Wildman–Crippen LogP) is 3.70. The van der Waals surface area contributed by atoms with Gasteiger partial charge in [0.2, 0.25) is 11.8 Å². The second kappa shape index (κ2) is 8.52. The number of hydrogen-bond acceptors (Lipinski definition) is 5. The first-order chi connectivity index (χ1) is 14.7. The standard InChI is InChI=1S/C20H22F3N5O2S/c1-27(10-16(29)24-15-5-3-2-4-14(15)20(21,22)23)17(30)11-31-19-26-25-18(12-6-7-12)28(19)13-8-9-13/h2-5,12-13H,6-11H2,1H3,(H,24,29). The van der Waals surface area contributed by atoms with E-state index in [0.29, 0.717) is 17.1 Å². The molecule has 0 atom stereocenters. The molecule has 31 heavy (non-hydrogen) atoms. The van der Waals surface area contributed by atoms with Gasteiger partial charge in [-0.2, -0.15) is 13.2 Å². The molecule has 2 amide bonds. The fraction of sp³-hybridized carbons (Fsp3) is 0.500. The molecule has 0 spiro atoms. The Labute approximate surface area is 181 Å². The third-order valence-corrected chi connectivity index (χ3v) is 6.11. The third kappa shape index (κ3) is 5.20. The van der Waals surface area contributed by atoms with Gasteiger partial charge in [0, 0.05) is 19.0 Å². The number of nitrogens with zero attached hydrogens (tertiary/aromatic N) is 4. The molecule has 0 bridgehead atoms. The Morgan fingerprint density at radius 3 is 2.55 bits per heavy atom. The van der Waals surface area contributed by atoms with Crippen molar-refractivity contribution in [2.75, 3.05) is 24.7 Å². The number of benzene rings is 1. The number of amides is 2. The lowest BCUT2D eigenvalue weighted by Crippen LogP contribution is -2.36. The lowest BCUT2D eigenvalue weighted by Gasteiger charge is -2.18. The van der Waals surface area contributed by atoms with Gasteiger partial charge in [-0.15, -0.1) is 10.2 Å². The Bertz CT molecular complexity index is 985. The van der Waals surface area contributed by atoms with Crippen LogP contribution in [0.25, 0.3) is 0 Å². The molecule has 4 rings (SSSR count). The summed E-state index contributed by atoms with van der Waals surface area (Å²) in [5.74, 6) is 0.508. The minimum atomic E-state index is -4.58. The number of aromatic nitrogens is 3. The Morgan fingerprint density at radius 2 is 1.90 bits per heavy atom. The summed E-state index contributed by atoms with van der Waals surface area (Å²) in [7, 11) is 1.44.